The van der Waals surface area contributed by atoms with Crippen molar-refractivity contribution in [3.8, 4) is 5.75 Å². The zero-order chi connectivity index (χ0) is 12.1. The largest absolute Gasteiger partial charge is 0.481 e. The molecule has 2 aliphatic rings. The van der Waals surface area contributed by atoms with E-state index in [1.807, 2.05) is 12.1 Å². The van der Waals surface area contributed by atoms with Crippen molar-refractivity contribution in [3.05, 3.63) is 59.4 Å². The van der Waals surface area contributed by atoms with Gasteiger partial charge in [0.2, 0.25) is 0 Å². The minimum Gasteiger partial charge on any atom is -0.481 e. The molecule has 90 valence electrons. The van der Waals surface area contributed by atoms with Crippen LogP contribution in [-0.4, -0.2) is 6.04 Å². The van der Waals surface area contributed by atoms with Gasteiger partial charge in [-0.3, -0.25) is 0 Å². The van der Waals surface area contributed by atoms with Crippen LogP contribution in [0.25, 0.3) is 0 Å². The molecule has 0 radical (unpaired) electrons. The average Bonchev–Trinajstić information content (AvgIpc) is 2.74. The van der Waals surface area contributed by atoms with E-state index < -0.39 is 0 Å². The summed E-state index contributed by atoms with van der Waals surface area (Å²) < 4.78 is 19.2. The molecule has 1 N–H and O–H groups in total. The first-order valence-electron chi connectivity index (χ1n) is 6.12. The number of halogens is 1. The molecule has 0 saturated heterocycles. The highest BCUT2D eigenvalue weighted by Crippen LogP contribution is 2.43. The summed E-state index contributed by atoms with van der Waals surface area (Å²) in [5.41, 5.74) is 3.41. The Labute approximate surface area is 104 Å². The molecular formula is C15H12FNO. The number of ether oxygens (including phenoxy) is 1. The summed E-state index contributed by atoms with van der Waals surface area (Å²) in [5, 5.41) is 3.44. The van der Waals surface area contributed by atoms with Crippen LogP contribution in [0.4, 0.5) is 10.1 Å². The van der Waals surface area contributed by atoms with E-state index in [4.69, 9.17) is 4.74 Å². The minimum absolute atomic E-state index is 0.00417. The van der Waals surface area contributed by atoms with Gasteiger partial charge in [0.25, 0.3) is 0 Å². The quantitative estimate of drug-likeness (QED) is 0.764. The number of benzene rings is 2. The number of nitrogens with one attached hydrogen (secondary N) is 1. The summed E-state index contributed by atoms with van der Waals surface area (Å²) in [5.74, 6) is 0.341. The van der Waals surface area contributed by atoms with E-state index in [2.05, 4.69) is 17.4 Å². The first-order valence-corrected chi connectivity index (χ1v) is 6.12. The van der Waals surface area contributed by atoms with Gasteiger partial charge in [0.1, 0.15) is 17.7 Å². The number of hydrogen-bond acceptors (Lipinski definition) is 2. The standard InChI is InChI=1S/C15H12FNO/c16-10-5-6-12-14(8-10)18-15-11-4-2-1-3-9(11)7-13(15)17-12/h1-6,8,13,15,17H,7H2. The highest BCUT2D eigenvalue weighted by molar-refractivity contribution is 5.61. The third-order valence-corrected chi connectivity index (χ3v) is 3.71. The van der Waals surface area contributed by atoms with E-state index >= 15 is 0 Å². The predicted molar refractivity (Wildman–Crippen MR) is 67.3 cm³/mol. The molecule has 1 heterocycles. The molecule has 2 aromatic rings. The lowest BCUT2D eigenvalue weighted by atomic mass is 10.1. The van der Waals surface area contributed by atoms with E-state index in [-0.39, 0.29) is 18.0 Å². The van der Waals surface area contributed by atoms with Crippen LogP contribution in [0.5, 0.6) is 5.75 Å². The van der Waals surface area contributed by atoms with Crippen molar-refractivity contribution >= 4 is 5.69 Å². The summed E-state index contributed by atoms with van der Waals surface area (Å²) in [6.07, 6.45) is 0.952. The molecular weight excluding hydrogens is 229 g/mol. The number of fused-ring (bicyclic) bond motifs is 4. The predicted octanol–water partition coefficient (Wildman–Crippen LogP) is 3.30. The minimum atomic E-state index is -0.264. The van der Waals surface area contributed by atoms with Gasteiger partial charge >= 0.3 is 0 Å². The summed E-state index contributed by atoms with van der Waals surface area (Å²) in [4.78, 5) is 0. The molecule has 2 unspecified atom stereocenters. The van der Waals surface area contributed by atoms with E-state index in [9.17, 15) is 4.39 Å². The molecule has 1 aliphatic heterocycles. The second kappa shape index (κ2) is 3.48. The Morgan fingerprint density at radius 2 is 2.06 bits per heavy atom. The topological polar surface area (TPSA) is 21.3 Å². The van der Waals surface area contributed by atoms with Crippen molar-refractivity contribution in [2.45, 2.75) is 18.6 Å². The highest BCUT2D eigenvalue weighted by atomic mass is 19.1. The second-order valence-electron chi connectivity index (χ2n) is 4.83. The molecule has 2 nitrogen and oxygen atoms in total. The van der Waals surface area contributed by atoms with Crippen LogP contribution in [0.1, 0.15) is 17.2 Å². The molecule has 1 aliphatic carbocycles. The summed E-state index contributed by atoms with van der Waals surface area (Å²) in [6.45, 7) is 0. The van der Waals surface area contributed by atoms with Crippen LogP contribution in [0, 0.1) is 5.82 Å². The highest BCUT2D eigenvalue weighted by Gasteiger charge is 2.37. The second-order valence-corrected chi connectivity index (χ2v) is 4.83. The summed E-state index contributed by atoms with van der Waals surface area (Å²) in [7, 11) is 0. The molecule has 2 atom stereocenters. The Hall–Kier alpha value is -2.03. The lowest BCUT2D eigenvalue weighted by Crippen LogP contribution is -2.32. The Kier molecular flexibility index (Phi) is 1.92. The van der Waals surface area contributed by atoms with Gasteiger partial charge in [-0.05, 0) is 29.7 Å². The normalized spacial score (nSPS) is 23.4. The van der Waals surface area contributed by atoms with Gasteiger partial charge in [-0.25, -0.2) is 4.39 Å². The fourth-order valence-electron chi connectivity index (χ4n) is 2.88. The first-order chi connectivity index (χ1) is 8.81. The van der Waals surface area contributed by atoms with Crippen LogP contribution < -0.4 is 10.1 Å². The maximum atomic E-state index is 13.2. The van der Waals surface area contributed by atoms with Gasteiger partial charge in [-0.2, -0.15) is 0 Å². The lowest BCUT2D eigenvalue weighted by Gasteiger charge is -2.31. The molecule has 0 amide bonds. The number of anilines is 1. The monoisotopic (exact) mass is 241 g/mol. The Bertz CT molecular complexity index is 626. The van der Waals surface area contributed by atoms with Gasteiger partial charge < -0.3 is 10.1 Å². The van der Waals surface area contributed by atoms with Crippen molar-refractivity contribution in [2.75, 3.05) is 5.32 Å². The van der Waals surface area contributed by atoms with Crippen molar-refractivity contribution in [2.24, 2.45) is 0 Å². The van der Waals surface area contributed by atoms with Crippen molar-refractivity contribution in [3.63, 3.8) is 0 Å². The zero-order valence-corrected chi connectivity index (χ0v) is 9.69. The fraction of sp³-hybridized carbons (Fsp3) is 0.200. The van der Waals surface area contributed by atoms with Gasteiger partial charge in [0.15, 0.2) is 0 Å². The van der Waals surface area contributed by atoms with Crippen LogP contribution in [0.15, 0.2) is 42.5 Å². The molecule has 4 rings (SSSR count). The smallest absolute Gasteiger partial charge is 0.146 e. The third kappa shape index (κ3) is 1.33. The fourth-order valence-corrected chi connectivity index (χ4v) is 2.88. The van der Waals surface area contributed by atoms with E-state index in [0.717, 1.165) is 12.1 Å². The molecule has 0 spiro atoms. The van der Waals surface area contributed by atoms with Gasteiger partial charge in [-0.1, -0.05) is 24.3 Å². The van der Waals surface area contributed by atoms with Crippen LogP contribution in [0.3, 0.4) is 0 Å². The molecule has 0 saturated carbocycles. The lowest BCUT2D eigenvalue weighted by molar-refractivity contribution is 0.183. The first kappa shape index (κ1) is 9.95. The van der Waals surface area contributed by atoms with Crippen molar-refractivity contribution in [1.29, 1.82) is 0 Å². The van der Waals surface area contributed by atoms with E-state index in [1.165, 1.54) is 23.3 Å². The maximum Gasteiger partial charge on any atom is 0.146 e. The van der Waals surface area contributed by atoms with Gasteiger partial charge in [0, 0.05) is 6.07 Å². The van der Waals surface area contributed by atoms with E-state index in [1.54, 1.807) is 6.07 Å². The van der Waals surface area contributed by atoms with Gasteiger partial charge in [-0.15, -0.1) is 0 Å². The van der Waals surface area contributed by atoms with Crippen molar-refractivity contribution in [1.82, 2.24) is 0 Å². The molecule has 0 bridgehead atoms. The number of rotatable bonds is 0. The zero-order valence-electron chi connectivity index (χ0n) is 9.69. The van der Waals surface area contributed by atoms with Crippen molar-refractivity contribution < 1.29 is 9.13 Å². The molecule has 2 aromatic carbocycles. The van der Waals surface area contributed by atoms with Crippen LogP contribution >= 0.6 is 0 Å². The Balaban J connectivity index is 1.78. The Morgan fingerprint density at radius 3 is 3.00 bits per heavy atom. The maximum absolute atomic E-state index is 13.2. The summed E-state index contributed by atoms with van der Waals surface area (Å²) >= 11 is 0. The number of hydrogen-bond donors (Lipinski definition) is 1. The summed E-state index contributed by atoms with van der Waals surface area (Å²) in [6, 6.07) is 13.2. The molecule has 0 fully saturated rings. The molecule has 18 heavy (non-hydrogen) atoms. The van der Waals surface area contributed by atoms with Crippen LogP contribution in [-0.2, 0) is 6.42 Å². The average molecular weight is 241 g/mol. The van der Waals surface area contributed by atoms with Crippen LogP contribution in [0.2, 0.25) is 0 Å². The Morgan fingerprint density at radius 1 is 1.17 bits per heavy atom. The molecule has 3 heteroatoms. The third-order valence-electron chi connectivity index (χ3n) is 3.71. The van der Waals surface area contributed by atoms with E-state index in [0.29, 0.717) is 5.75 Å². The van der Waals surface area contributed by atoms with Gasteiger partial charge in [0.05, 0.1) is 11.7 Å². The molecule has 0 aromatic heterocycles. The SMILES string of the molecule is Fc1ccc2c(c1)OC1c3ccccc3CC1N2.